The number of aliphatic hydroxyl groups is 1. The van der Waals surface area contributed by atoms with Crippen LogP contribution >= 0.6 is 0 Å². The first-order valence-electron chi connectivity index (χ1n) is 8.23. The van der Waals surface area contributed by atoms with Crippen molar-refractivity contribution in [2.24, 2.45) is 5.41 Å². The molecule has 0 aliphatic heterocycles. The van der Waals surface area contributed by atoms with Crippen LogP contribution in [0.2, 0.25) is 0 Å². The monoisotopic (exact) mass is 329 g/mol. The minimum absolute atomic E-state index is 0.00305. The second-order valence-electron chi connectivity index (χ2n) is 6.94. The summed E-state index contributed by atoms with van der Waals surface area (Å²) in [5.41, 5.74) is 2.26. The first-order valence-corrected chi connectivity index (χ1v) is 8.23. The third kappa shape index (κ3) is 3.14. The molecule has 1 aliphatic rings. The number of benzene rings is 1. The van der Waals surface area contributed by atoms with Crippen molar-refractivity contribution in [2.45, 2.75) is 39.2 Å². The van der Waals surface area contributed by atoms with E-state index in [9.17, 15) is 14.7 Å². The quantitative estimate of drug-likeness (QED) is 0.649. The van der Waals surface area contributed by atoms with Crippen LogP contribution in [0.3, 0.4) is 0 Å². The van der Waals surface area contributed by atoms with E-state index in [-0.39, 0.29) is 18.1 Å². The zero-order valence-corrected chi connectivity index (χ0v) is 14.0. The predicted molar refractivity (Wildman–Crippen MR) is 92.6 cm³/mol. The summed E-state index contributed by atoms with van der Waals surface area (Å²) in [4.78, 5) is 27.5. The smallest absolute Gasteiger partial charge is 0.313 e. The van der Waals surface area contributed by atoms with Crippen molar-refractivity contribution >= 4 is 28.4 Å². The van der Waals surface area contributed by atoms with E-state index in [1.165, 1.54) is 0 Å². The Hall–Kier alpha value is -2.34. The molecule has 24 heavy (non-hydrogen) atoms. The van der Waals surface area contributed by atoms with Gasteiger partial charge in [-0.25, -0.2) is 0 Å². The zero-order valence-electron chi connectivity index (χ0n) is 14.0. The summed E-state index contributed by atoms with van der Waals surface area (Å²) in [7, 11) is 0. The summed E-state index contributed by atoms with van der Waals surface area (Å²) in [6, 6.07) is 7.27. The van der Waals surface area contributed by atoms with Gasteiger partial charge in [-0.3, -0.25) is 9.59 Å². The lowest BCUT2D eigenvalue weighted by atomic mass is 9.86. The van der Waals surface area contributed by atoms with Gasteiger partial charge in [0, 0.05) is 33.7 Å². The van der Waals surface area contributed by atoms with Crippen LogP contribution in [0.4, 0.5) is 5.69 Å². The molecule has 3 rings (SSSR count). The van der Waals surface area contributed by atoms with Gasteiger partial charge in [-0.1, -0.05) is 13.3 Å². The molecule has 1 aromatic heterocycles. The second kappa shape index (κ2) is 6.28. The van der Waals surface area contributed by atoms with Crippen molar-refractivity contribution < 1.29 is 14.7 Å². The molecule has 0 radical (unpaired) electrons. The van der Waals surface area contributed by atoms with Crippen molar-refractivity contribution in [3.05, 3.63) is 30.0 Å². The molecule has 0 saturated heterocycles. The minimum atomic E-state index is -0.686. The molecular formula is C18H23N3O3. The number of hydrogen-bond donors (Lipinski definition) is 4. The molecular weight excluding hydrogens is 306 g/mol. The number of nitrogens with one attached hydrogen (secondary N) is 3. The van der Waals surface area contributed by atoms with Gasteiger partial charge in [0.2, 0.25) is 0 Å². The predicted octanol–water partition coefficient (Wildman–Crippen LogP) is 2.08. The lowest BCUT2D eigenvalue weighted by Gasteiger charge is -2.29. The van der Waals surface area contributed by atoms with E-state index in [0.29, 0.717) is 5.69 Å². The fourth-order valence-electron chi connectivity index (χ4n) is 3.44. The molecule has 2 atom stereocenters. The lowest BCUT2D eigenvalue weighted by Crippen LogP contribution is -2.48. The summed E-state index contributed by atoms with van der Waals surface area (Å²) in [5.74, 6) is -1.35. The highest BCUT2D eigenvalue weighted by molar-refractivity contribution is 6.39. The molecule has 6 nitrogen and oxygen atoms in total. The number of aliphatic hydroxyl groups excluding tert-OH is 1. The highest BCUT2D eigenvalue weighted by Crippen LogP contribution is 2.37. The largest absolute Gasteiger partial charge is 0.396 e. The normalized spacial score (nSPS) is 23.4. The highest BCUT2D eigenvalue weighted by Gasteiger charge is 2.39. The van der Waals surface area contributed by atoms with Gasteiger partial charge in [0.1, 0.15) is 0 Å². The number of aryl methyl sites for hydroxylation is 1. The molecule has 1 aliphatic carbocycles. The Balaban J connectivity index is 1.66. The third-order valence-electron chi connectivity index (χ3n) is 4.97. The maximum Gasteiger partial charge on any atom is 0.313 e. The van der Waals surface area contributed by atoms with Gasteiger partial charge in [-0.15, -0.1) is 0 Å². The van der Waals surface area contributed by atoms with Crippen molar-refractivity contribution in [3.8, 4) is 0 Å². The highest BCUT2D eigenvalue weighted by atomic mass is 16.3. The van der Waals surface area contributed by atoms with Gasteiger partial charge < -0.3 is 20.7 Å². The molecule has 1 aromatic carbocycles. The summed E-state index contributed by atoms with van der Waals surface area (Å²) in [5, 5.41) is 15.9. The van der Waals surface area contributed by atoms with Crippen molar-refractivity contribution in [1.82, 2.24) is 10.3 Å². The van der Waals surface area contributed by atoms with Crippen LogP contribution in [0, 0.1) is 12.3 Å². The van der Waals surface area contributed by atoms with Gasteiger partial charge in [-0.2, -0.15) is 0 Å². The van der Waals surface area contributed by atoms with Crippen LogP contribution in [0.5, 0.6) is 0 Å². The Morgan fingerprint density at radius 1 is 1.33 bits per heavy atom. The van der Waals surface area contributed by atoms with E-state index >= 15 is 0 Å². The van der Waals surface area contributed by atoms with E-state index in [2.05, 4.69) is 15.6 Å². The number of carbonyl (C=O) groups excluding carboxylic acids is 2. The molecule has 128 valence electrons. The fraction of sp³-hybridized carbons (Fsp3) is 0.444. The standard InChI is InChI=1S/C18H23N3O3/c1-11-8-12-9-13(5-6-14(12)19-11)20-16(23)17(24)21-15-4-3-7-18(15,2)10-22/h5-6,8-9,15,19,22H,3-4,7,10H2,1-2H3,(H,20,23)(H,21,24). The van der Waals surface area contributed by atoms with Crippen LogP contribution in [0.15, 0.2) is 24.3 Å². The number of anilines is 1. The van der Waals surface area contributed by atoms with Crippen LogP contribution in [0.25, 0.3) is 10.9 Å². The Morgan fingerprint density at radius 3 is 2.88 bits per heavy atom. The SMILES string of the molecule is Cc1cc2cc(NC(=O)C(=O)NC3CCCC3(C)CO)ccc2[nH]1. The second-order valence-corrected chi connectivity index (χ2v) is 6.94. The molecule has 2 amide bonds. The van der Waals surface area contributed by atoms with Gasteiger partial charge in [-0.05, 0) is 44.0 Å². The van der Waals surface area contributed by atoms with Crippen molar-refractivity contribution in [1.29, 1.82) is 0 Å². The molecule has 1 heterocycles. The number of H-pyrrole nitrogens is 1. The third-order valence-corrected chi connectivity index (χ3v) is 4.97. The average molecular weight is 329 g/mol. The Kier molecular flexibility index (Phi) is 4.32. The first-order chi connectivity index (χ1) is 11.4. The van der Waals surface area contributed by atoms with Gasteiger partial charge in [0.05, 0.1) is 6.61 Å². The molecule has 0 bridgehead atoms. The van der Waals surface area contributed by atoms with E-state index in [1.807, 2.05) is 32.0 Å². The number of hydrogen-bond acceptors (Lipinski definition) is 3. The molecule has 1 saturated carbocycles. The summed E-state index contributed by atoms with van der Waals surface area (Å²) in [6.07, 6.45) is 2.57. The van der Waals surface area contributed by atoms with E-state index in [0.717, 1.165) is 35.9 Å². The zero-order chi connectivity index (χ0) is 17.3. The number of aromatic amines is 1. The topological polar surface area (TPSA) is 94.2 Å². The van der Waals surface area contributed by atoms with Gasteiger partial charge in [0.15, 0.2) is 0 Å². The van der Waals surface area contributed by atoms with Crippen LogP contribution in [-0.2, 0) is 9.59 Å². The van der Waals surface area contributed by atoms with Crippen molar-refractivity contribution in [3.63, 3.8) is 0 Å². The maximum atomic E-state index is 12.2. The summed E-state index contributed by atoms with van der Waals surface area (Å²) in [6.45, 7) is 3.90. The molecule has 6 heteroatoms. The summed E-state index contributed by atoms with van der Waals surface area (Å²) >= 11 is 0. The van der Waals surface area contributed by atoms with Gasteiger partial charge >= 0.3 is 11.8 Å². The molecule has 0 spiro atoms. The van der Waals surface area contributed by atoms with E-state index in [4.69, 9.17) is 0 Å². The van der Waals surface area contributed by atoms with E-state index < -0.39 is 11.8 Å². The Bertz CT molecular complexity index is 783. The minimum Gasteiger partial charge on any atom is -0.396 e. The molecule has 2 unspecified atom stereocenters. The van der Waals surface area contributed by atoms with Gasteiger partial charge in [0.25, 0.3) is 0 Å². The number of fused-ring (bicyclic) bond motifs is 1. The van der Waals surface area contributed by atoms with Crippen LogP contribution in [-0.4, -0.2) is 34.6 Å². The first kappa shape index (κ1) is 16.5. The Morgan fingerprint density at radius 2 is 2.12 bits per heavy atom. The van der Waals surface area contributed by atoms with Crippen LogP contribution in [0.1, 0.15) is 31.9 Å². The average Bonchev–Trinajstić information content (AvgIpc) is 3.09. The van der Waals surface area contributed by atoms with Crippen LogP contribution < -0.4 is 10.6 Å². The number of carbonyl (C=O) groups is 2. The van der Waals surface area contributed by atoms with Crippen molar-refractivity contribution in [2.75, 3.05) is 11.9 Å². The molecule has 2 aromatic rings. The molecule has 4 N–H and O–H groups in total. The maximum absolute atomic E-state index is 12.2. The number of aromatic nitrogens is 1. The summed E-state index contributed by atoms with van der Waals surface area (Å²) < 4.78 is 0. The number of rotatable bonds is 3. The fourth-order valence-corrected chi connectivity index (χ4v) is 3.44. The Labute approximate surface area is 140 Å². The molecule has 1 fully saturated rings. The van der Waals surface area contributed by atoms with E-state index in [1.54, 1.807) is 6.07 Å². The lowest BCUT2D eigenvalue weighted by molar-refractivity contribution is -0.137. The number of amides is 2.